The van der Waals surface area contributed by atoms with Crippen LogP contribution >= 0.6 is 23.2 Å². The van der Waals surface area contributed by atoms with Crippen molar-refractivity contribution >= 4 is 34.8 Å². The van der Waals surface area contributed by atoms with Crippen LogP contribution in [-0.4, -0.2) is 41.3 Å². The number of aromatic nitrogens is 2. The Balaban J connectivity index is 1.78. The molecule has 0 saturated heterocycles. The lowest BCUT2D eigenvalue weighted by molar-refractivity contribution is 0.158. The van der Waals surface area contributed by atoms with E-state index in [0.717, 1.165) is 11.1 Å². The van der Waals surface area contributed by atoms with Crippen LogP contribution in [0.5, 0.6) is 0 Å². The molecule has 0 spiro atoms. The molecule has 9 heteroatoms. The first-order valence-corrected chi connectivity index (χ1v) is 10.4. The van der Waals surface area contributed by atoms with Crippen molar-refractivity contribution in [3.63, 3.8) is 0 Å². The van der Waals surface area contributed by atoms with Crippen LogP contribution in [0.25, 0.3) is 17.0 Å². The molecule has 1 aliphatic rings. The van der Waals surface area contributed by atoms with Gasteiger partial charge in [-0.1, -0.05) is 40.5 Å². The Morgan fingerprint density at radius 3 is 2.39 bits per heavy atom. The van der Waals surface area contributed by atoms with Crippen molar-refractivity contribution in [2.45, 2.75) is 13.0 Å². The number of amides is 2. The molecule has 1 unspecified atom stereocenters. The largest absolute Gasteiger partial charge is 0.383 e. The number of urea groups is 1. The van der Waals surface area contributed by atoms with Crippen molar-refractivity contribution in [2.24, 2.45) is 0 Å². The number of nitrogens with one attached hydrogen (secondary N) is 1. The summed E-state index contributed by atoms with van der Waals surface area (Å²) < 4.78 is 10.8. The molecule has 0 radical (unpaired) electrons. The smallest absolute Gasteiger partial charge is 0.322 e. The maximum absolute atomic E-state index is 12.8. The molecule has 0 saturated carbocycles. The van der Waals surface area contributed by atoms with Crippen LogP contribution in [0.2, 0.25) is 10.0 Å². The fraction of sp³-hybridized carbons (Fsp3) is 0.227. The molecule has 0 fully saturated rings. The summed E-state index contributed by atoms with van der Waals surface area (Å²) in [5.41, 5.74) is 3.05. The van der Waals surface area contributed by atoms with Gasteiger partial charge in [-0.2, -0.15) is 4.98 Å². The van der Waals surface area contributed by atoms with Gasteiger partial charge >= 0.3 is 6.03 Å². The van der Waals surface area contributed by atoms with Crippen molar-refractivity contribution in [1.29, 1.82) is 0 Å². The summed E-state index contributed by atoms with van der Waals surface area (Å²) in [5, 5.41) is 8.40. The Morgan fingerprint density at radius 2 is 1.74 bits per heavy atom. The molecule has 1 N–H and O–H groups in total. The molecule has 2 heterocycles. The van der Waals surface area contributed by atoms with E-state index in [0.29, 0.717) is 46.2 Å². The molecule has 1 aliphatic heterocycles. The summed E-state index contributed by atoms with van der Waals surface area (Å²) in [6.45, 7) is 2.64. The number of rotatable bonds is 6. The van der Waals surface area contributed by atoms with Gasteiger partial charge in [0.2, 0.25) is 5.82 Å². The number of carbonyl (C=O) groups is 1. The van der Waals surface area contributed by atoms with Crippen LogP contribution < -0.4 is 5.32 Å². The molecule has 1 aromatic heterocycles. The summed E-state index contributed by atoms with van der Waals surface area (Å²) in [6, 6.07) is 13.8. The molecule has 2 aromatic carbocycles. The zero-order chi connectivity index (χ0) is 22.0. The molecule has 2 amide bonds. The summed E-state index contributed by atoms with van der Waals surface area (Å²) in [4.78, 5) is 19.0. The van der Waals surface area contributed by atoms with Crippen molar-refractivity contribution in [2.75, 3.05) is 20.3 Å². The van der Waals surface area contributed by atoms with Gasteiger partial charge < -0.3 is 14.6 Å². The van der Waals surface area contributed by atoms with E-state index in [-0.39, 0.29) is 6.03 Å². The lowest BCUT2D eigenvalue weighted by Crippen LogP contribution is -2.47. The molecule has 3 aromatic rings. The van der Waals surface area contributed by atoms with Crippen molar-refractivity contribution in [3.05, 3.63) is 75.7 Å². The second-order valence-corrected chi connectivity index (χ2v) is 7.88. The third kappa shape index (κ3) is 4.44. The number of methoxy groups -OCH3 is 1. The van der Waals surface area contributed by atoms with Gasteiger partial charge in [-0.05, 0) is 48.9 Å². The maximum atomic E-state index is 12.8. The van der Waals surface area contributed by atoms with Gasteiger partial charge in [-0.15, -0.1) is 0 Å². The number of hydrogen-bond acceptors (Lipinski definition) is 5. The quantitative estimate of drug-likeness (QED) is 0.549. The Bertz CT molecular complexity index is 1110. The first-order valence-electron chi connectivity index (χ1n) is 9.61. The Kier molecular flexibility index (Phi) is 6.27. The molecular formula is C22H20Cl2N4O3. The first kappa shape index (κ1) is 21.4. The van der Waals surface area contributed by atoms with E-state index < -0.39 is 6.04 Å². The number of nitrogens with zero attached hydrogens (tertiary/aromatic N) is 3. The molecule has 0 aliphatic carbocycles. The summed E-state index contributed by atoms with van der Waals surface area (Å²) in [5.74, 6) is 0.756. The molecule has 7 nitrogen and oxygen atoms in total. The second-order valence-electron chi connectivity index (χ2n) is 7.01. The van der Waals surface area contributed by atoms with Crippen LogP contribution in [0.15, 0.2) is 58.8 Å². The molecule has 4 rings (SSSR count). The minimum atomic E-state index is -0.470. The van der Waals surface area contributed by atoms with Gasteiger partial charge in [-0.25, -0.2) is 4.79 Å². The molecule has 1 atom stereocenters. The predicted molar refractivity (Wildman–Crippen MR) is 119 cm³/mol. The van der Waals surface area contributed by atoms with Crippen LogP contribution in [0.3, 0.4) is 0 Å². The van der Waals surface area contributed by atoms with Crippen LogP contribution in [0, 0.1) is 0 Å². The highest BCUT2D eigenvalue weighted by Gasteiger charge is 2.35. The Labute approximate surface area is 189 Å². The summed E-state index contributed by atoms with van der Waals surface area (Å²) >= 11 is 12.0. The molecular weight excluding hydrogens is 439 g/mol. The average molecular weight is 459 g/mol. The fourth-order valence-electron chi connectivity index (χ4n) is 3.46. The summed E-state index contributed by atoms with van der Waals surface area (Å²) in [7, 11) is 1.59. The van der Waals surface area contributed by atoms with E-state index in [1.54, 1.807) is 36.3 Å². The SMILES string of the molecule is COCCN1C(=O)NC(c2ccc(Cl)cc2)C(c2nc(-c3ccc(Cl)cc3)no2)=C1C. The van der Waals surface area contributed by atoms with Crippen LogP contribution in [0.4, 0.5) is 4.79 Å². The van der Waals surface area contributed by atoms with Gasteiger partial charge in [0.15, 0.2) is 0 Å². The number of allylic oxidation sites excluding steroid dienone is 1. The Hall–Kier alpha value is -2.87. The van der Waals surface area contributed by atoms with E-state index >= 15 is 0 Å². The standard InChI is InChI=1S/C22H20Cl2N4O3/c1-13-18(21-26-20(27-31-21)15-5-9-17(24)10-6-15)19(14-3-7-16(23)8-4-14)25-22(29)28(13)11-12-30-2/h3-10,19H,11-12H2,1-2H3,(H,25,29). The highest BCUT2D eigenvalue weighted by molar-refractivity contribution is 6.30. The number of benzene rings is 2. The van der Waals surface area contributed by atoms with Crippen molar-refractivity contribution in [1.82, 2.24) is 20.4 Å². The highest BCUT2D eigenvalue weighted by atomic mass is 35.5. The average Bonchev–Trinajstić information content (AvgIpc) is 3.24. The van der Waals surface area contributed by atoms with E-state index in [9.17, 15) is 4.79 Å². The first-order chi connectivity index (χ1) is 15.0. The van der Waals surface area contributed by atoms with Gasteiger partial charge in [0.1, 0.15) is 0 Å². The lowest BCUT2D eigenvalue weighted by atomic mass is 9.94. The van der Waals surface area contributed by atoms with Gasteiger partial charge in [0.05, 0.1) is 24.8 Å². The van der Waals surface area contributed by atoms with E-state index in [4.69, 9.17) is 32.5 Å². The number of carbonyl (C=O) groups excluding carboxylic acids is 1. The third-order valence-corrected chi connectivity index (χ3v) is 5.58. The maximum Gasteiger partial charge on any atom is 0.322 e. The van der Waals surface area contributed by atoms with Gasteiger partial charge in [0, 0.05) is 28.4 Å². The van der Waals surface area contributed by atoms with Crippen LogP contribution in [-0.2, 0) is 4.74 Å². The molecule has 0 bridgehead atoms. The lowest BCUT2D eigenvalue weighted by Gasteiger charge is -2.35. The van der Waals surface area contributed by atoms with Crippen molar-refractivity contribution < 1.29 is 14.1 Å². The number of halogens is 2. The highest BCUT2D eigenvalue weighted by Crippen LogP contribution is 2.37. The van der Waals surface area contributed by atoms with E-state index in [2.05, 4.69) is 15.5 Å². The van der Waals surface area contributed by atoms with Crippen molar-refractivity contribution in [3.8, 4) is 11.4 Å². The van der Waals surface area contributed by atoms with Gasteiger partial charge in [0.25, 0.3) is 5.89 Å². The topological polar surface area (TPSA) is 80.5 Å². The Morgan fingerprint density at radius 1 is 1.10 bits per heavy atom. The zero-order valence-corrected chi connectivity index (χ0v) is 18.4. The zero-order valence-electron chi connectivity index (χ0n) is 16.9. The second kappa shape index (κ2) is 9.09. The minimum Gasteiger partial charge on any atom is -0.383 e. The normalized spacial score (nSPS) is 16.6. The van der Waals surface area contributed by atoms with E-state index in [1.807, 2.05) is 31.2 Å². The van der Waals surface area contributed by atoms with Crippen LogP contribution in [0.1, 0.15) is 24.4 Å². The fourth-order valence-corrected chi connectivity index (χ4v) is 3.72. The summed E-state index contributed by atoms with van der Waals surface area (Å²) in [6.07, 6.45) is 0. The number of hydrogen-bond donors (Lipinski definition) is 1. The number of ether oxygens (including phenoxy) is 1. The predicted octanol–water partition coefficient (Wildman–Crippen LogP) is 5.19. The molecule has 160 valence electrons. The minimum absolute atomic E-state index is 0.226. The third-order valence-electron chi connectivity index (χ3n) is 5.08. The van der Waals surface area contributed by atoms with E-state index in [1.165, 1.54) is 0 Å². The molecule has 31 heavy (non-hydrogen) atoms. The monoisotopic (exact) mass is 458 g/mol. The van der Waals surface area contributed by atoms with Gasteiger partial charge in [-0.3, -0.25) is 4.90 Å².